The van der Waals surface area contributed by atoms with Crippen LogP contribution >= 0.6 is 0 Å². The minimum absolute atomic E-state index is 0.0779. The Morgan fingerprint density at radius 1 is 1.29 bits per heavy atom. The minimum Gasteiger partial charge on any atom is -0.481 e. The van der Waals surface area contributed by atoms with Crippen LogP contribution in [0, 0.1) is 0 Å². The lowest BCUT2D eigenvalue weighted by Crippen LogP contribution is -2.36. The van der Waals surface area contributed by atoms with E-state index in [4.69, 9.17) is 10.8 Å². The van der Waals surface area contributed by atoms with Gasteiger partial charge in [0.1, 0.15) is 0 Å². The molecule has 0 aromatic heterocycles. The van der Waals surface area contributed by atoms with E-state index in [9.17, 15) is 9.59 Å². The molecule has 1 heterocycles. The number of unbranched alkanes of at least 4 members (excludes halogenated alkanes) is 2. The summed E-state index contributed by atoms with van der Waals surface area (Å²) in [6.07, 6.45) is 5.12. The predicted molar refractivity (Wildman–Crippen MR) is 64.5 cm³/mol. The Balaban J connectivity index is 2.31. The van der Waals surface area contributed by atoms with Crippen molar-refractivity contribution < 1.29 is 14.7 Å². The summed E-state index contributed by atoms with van der Waals surface area (Å²) in [5, 5.41) is 8.77. The van der Waals surface area contributed by atoms with E-state index >= 15 is 0 Å². The molecule has 0 bridgehead atoms. The van der Waals surface area contributed by atoms with Crippen LogP contribution in [0.5, 0.6) is 0 Å². The molecule has 1 unspecified atom stereocenters. The maximum atomic E-state index is 11.9. The Kier molecular flexibility index (Phi) is 5.97. The molecule has 98 valence electrons. The monoisotopic (exact) mass is 242 g/mol. The average Bonchev–Trinajstić information content (AvgIpc) is 2.71. The van der Waals surface area contributed by atoms with Crippen LogP contribution in [-0.2, 0) is 9.59 Å². The number of carbonyl (C=O) groups is 2. The number of hydrogen-bond acceptors (Lipinski definition) is 3. The van der Waals surface area contributed by atoms with Crippen molar-refractivity contribution >= 4 is 11.9 Å². The molecule has 1 saturated heterocycles. The highest BCUT2D eigenvalue weighted by Crippen LogP contribution is 2.21. The highest BCUT2D eigenvalue weighted by molar-refractivity contribution is 5.78. The fourth-order valence-corrected chi connectivity index (χ4v) is 2.32. The van der Waals surface area contributed by atoms with Crippen LogP contribution in [0.15, 0.2) is 0 Å². The second-order valence-electron chi connectivity index (χ2n) is 4.58. The summed E-state index contributed by atoms with van der Waals surface area (Å²) in [6.45, 7) is 1.38. The molecule has 1 amide bonds. The molecular weight excluding hydrogens is 220 g/mol. The lowest BCUT2D eigenvalue weighted by atomic mass is 10.1. The van der Waals surface area contributed by atoms with E-state index in [1.165, 1.54) is 0 Å². The zero-order chi connectivity index (χ0) is 12.7. The summed E-state index contributed by atoms with van der Waals surface area (Å²) >= 11 is 0. The van der Waals surface area contributed by atoms with E-state index in [-0.39, 0.29) is 18.4 Å². The molecule has 5 nitrogen and oxygen atoms in total. The van der Waals surface area contributed by atoms with Crippen molar-refractivity contribution in [3.8, 4) is 0 Å². The number of carbonyl (C=O) groups excluding carboxylic acids is 1. The summed E-state index contributed by atoms with van der Waals surface area (Å²) in [5.74, 6) is -0.719. The summed E-state index contributed by atoms with van der Waals surface area (Å²) in [6, 6.07) is -0.0884. The van der Waals surface area contributed by atoms with E-state index in [1.54, 1.807) is 4.90 Å². The molecule has 0 saturated carbocycles. The third-order valence-electron chi connectivity index (χ3n) is 3.20. The number of rotatable bonds is 7. The molecule has 0 spiro atoms. The van der Waals surface area contributed by atoms with Gasteiger partial charge in [-0.3, -0.25) is 9.59 Å². The quantitative estimate of drug-likeness (QED) is 0.652. The predicted octanol–water partition coefficient (Wildman–Crippen LogP) is 0.971. The zero-order valence-corrected chi connectivity index (χ0v) is 10.2. The van der Waals surface area contributed by atoms with Gasteiger partial charge in [0.25, 0.3) is 0 Å². The number of nitrogens with two attached hydrogens (primary N) is 1. The van der Waals surface area contributed by atoms with Gasteiger partial charge in [-0.05, 0) is 32.2 Å². The Labute approximate surface area is 102 Å². The van der Waals surface area contributed by atoms with Gasteiger partial charge < -0.3 is 15.7 Å². The van der Waals surface area contributed by atoms with Crippen LogP contribution in [0.25, 0.3) is 0 Å². The molecule has 3 N–H and O–H groups in total. The van der Waals surface area contributed by atoms with Gasteiger partial charge >= 0.3 is 5.97 Å². The smallest absolute Gasteiger partial charge is 0.305 e. The second-order valence-corrected chi connectivity index (χ2v) is 4.58. The molecular formula is C12H22N2O3. The van der Waals surface area contributed by atoms with Crippen LogP contribution in [0.2, 0.25) is 0 Å². The van der Waals surface area contributed by atoms with Crippen molar-refractivity contribution in [3.63, 3.8) is 0 Å². The van der Waals surface area contributed by atoms with Crippen molar-refractivity contribution in [3.05, 3.63) is 0 Å². The van der Waals surface area contributed by atoms with Gasteiger partial charge in [-0.25, -0.2) is 0 Å². The first-order chi connectivity index (χ1) is 8.15. The molecule has 0 aromatic carbocycles. The molecule has 1 aliphatic rings. The fourth-order valence-electron chi connectivity index (χ4n) is 2.32. The Hall–Kier alpha value is -1.10. The number of amides is 1. The van der Waals surface area contributed by atoms with Crippen molar-refractivity contribution in [1.82, 2.24) is 4.90 Å². The van der Waals surface area contributed by atoms with Gasteiger partial charge in [0.15, 0.2) is 0 Å². The highest BCUT2D eigenvalue weighted by Gasteiger charge is 2.29. The molecule has 0 aromatic rings. The first-order valence-electron chi connectivity index (χ1n) is 6.36. The van der Waals surface area contributed by atoms with Crippen molar-refractivity contribution in [2.24, 2.45) is 5.73 Å². The summed E-state index contributed by atoms with van der Waals surface area (Å²) < 4.78 is 0. The van der Waals surface area contributed by atoms with E-state index in [2.05, 4.69) is 0 Å². The number of nitrogens with zero attached hydrogens (tertiary/aromatic N) is 1. The first-order valence-corrected chi connectivity index (χ1v) is 6.36. The summed E-state index contributed by atoms with van der Waals surface area (Å²) in [5.41, 5.74) is 5.38. The standard InChI is InChI=1S/C12H22N2O3/c13-7-3-1-2-6-11(15)14-8-4-5-10(14)9-12(16)17/h10H,1-9,13H2,(H,16,17). The van der Waals surface area contributed by atoms with Gasteiger partial charge in [0, 0.05) is 19.0 Å². The molecule has 1 aliphatic heterocycles. The maximum Gasteiger partial charge on any atom is 0.305 e. The lowest BCUT2D eigenvalue weighted by molar-refractivity contribution is -0.139. The van der Waals surface area contributed by atoms with Gasteiger partial charge in [-0.2, -0.15) is 0 Å². The molecule has 0 aliphatic carbocycles. The fraction of sp³-hybridized carbons (Fsp3) is 0.833. The van der Waals surface area contributed by atoms with Gasteiger partial charge in [0.05, 0.1) is 6.42 Å². The van der Waals surface area contributed by atoms with Crippen LogP contribution in [-0.4, -0.2) is 41.0 Å². The van der Waals surface area contributed by atoms with Crippen molar-refractivity contribution in [2.45, 2.75) is 51.0 Å². The van der Waals surface area contributed by atoms with E-state index in [0.29, 0.717) is 19.5 Å². The Bertz CT molecular complexity index is 268. The van der Waals surface area contributed by atoms with Gasteiger partial charge in [-0.1, -0.05) is 6.42 Å². The lowest BCUT2D eigenvalue weighted by Gasteiger charge is -2.23. The van der Waals surface area contributed by atoms with Crippen LogP contribution in [0.4, 0.5) is 0 Å². The number of aliphatic carboxylic acids is 1. The summed E-state index contributed by atoms with van der Waals surface area (Å²) in [4.78, 5) is 24.3. The van der Waals surface area contributed by atoms with E-state index in [1.807, 2.05) is 0 Å². The van der Waals surface area contributed by atoms with Crippen LogP contribution < -0.4 is 5.73 Å². The number of hydrogen-bond donors (Lipinski definition) is 2. The highest BCUT2D eigenvalue weighted by atomic mass is 16.4. The van der Waals surface area contributed by atoms with Gasteiger partial charge in [-0.15, -0.1) is 0 Å². The third kappa shape index (κ3) is 4.73. The summed E-state index contributed by atoms with van der Waals surface area (Å²) in [7, 11) is 0. The van der Waals surface area contributed by atoms with E-state index in [0.717, 1.165) is 32.1 Å². The molecule has 17 heavy (non-hydrogen) atoms. The van der Waals surface area contributed by atoms with E-state index < -0.39 is 5.97 Å². The Morgan fingerprint density at radius 2 is 2.06 bits per heavy atom. The van der Waals surface area contributed by atoms with Crippen LogP contribution in [0.3, 0.4) is 0 Å². The number of carboxylic acids is 1. The second kappa shape index (κ2) is 7.27. The Morgan fingerprint density at radius 3 is 2.71 bits per heavy atom. The normalized spacial score (nSPS) is 19.6. The molecule has 1 rings (SSSR count). The molecule has 5 heteroatoms. The largest absolute Gasteiger partial charge is 0.481 e. The third-order valence-corrected chi connectivity index (χ3v) is 3.20. The number of likely N-dealkylation sites (tertiary alicyclic amines) is 1. The van der Waals surface area contributed by atoms with Gasteiger partial charge in [0.2, 0.25) is 5.91 Å². The number of carboxylic acid groups (broad SMARTS) is 1. The van der Waals surface area contributed by atoms with Crippen LogP contribution in [0.1, 0.15) is 44.9 Å². The van der Waals surface area contributed by atoms with Crippen molar-refractivity contribution in [1.29, 1.82) is 0 Å². The average molecular weight is 242 g/mol. The minimum atomic E-state index is -0.821. The SMILES string of the molecule is NCCCCCC(=O)N1CCCC1CC(=O)O. The molecule has 0 radical (unpaired) electrons. The first kappa shape index (κ1) is 14.0. The zero-order valence-electron chi connectivity index (χ0n) is 10.2. The van der Waals surface area contributed by atoms with Crippen molar-refractivity contribution in [2.75, 3.05) is 13.1 Å². The maximum absolute atomic E-state index is 11.9. The topological polar surface area (TPSA) is 83.6 Å². The molecule has 1 fully saturated rings. The molecule has 1 atom stereocenters.